The Bertz CT molecular complexity index is 1440. The van der Waals surface area contributed by atoms with E-state index >= 15 is 0 Å². The lowest BCUT2D eigenvalue weighted by Crippen LogP contribution is -2.05. The van der Waals surface area contributed by atoms with Crippen molar-refractivity contribution in [2.45, 2.75) is 33.1 Å². The van der Waals surface area contributed by atoms with Gasteiger partial charge >= 0.3 is 12.1 Å². The number of alkyl halides is 3. The average molecular weight is 529 g/mol. The molecule has 0 saturated heterocycles. The van der Waals surface area contributed by atoms with Crippen LogP contribution in [0.5, 0.6) is 5.75 Å². The van der Waals surface area contributed by atoms with E-state index in [-0.39, 0.29) is 12.7 Å². The van der Waals surface area contributed by atoms with Gasteiger partial charge in [-0.2, -0.15) is 13.2 Å². The number of hydrogen-bond donors (Lipinski definition) is 0. The molecule has 0 saturated carbocycles. The Morgan fingerprint density at radius 2 is 1.84 bits per heavy atom. The standard InChI is InChI=1S/C28H24ClF3N2O3/c1-4-36-26(35)14-13-25-27(29)22-15-18(23-11-6-19(16-33-23)28(30,31)32)5-12-24(22)34(25)20-7-9-21(10-8-20)37-17(2)3/h5-17H,4H2,1-3H3/b14-13+. The number of halogens is 4. The number of rotatable bonds is 7. The zero-order valence-electron chi connectivity index (χ0n) is 20.3. The highest BCUT2D eigenvalue weighted by Gasteiger charge is 2.30. The second-order valence-corrected chi connectivity index (χ2v) is 8.82. The third kappa shape index (κ3) is 5.80. The molecule has 2 aromatic heterocycles. The van der Waals surface area contributed by atoms with Crippen LogP contribution in [-0.4, -0.2) is 28.2 Å². The second-order valence-electron chi connectivity index (χ2n) is 8.44. The summed E-state index contributed by atoms with van der Waals surface area (Å²) in [4.78, 5) is 16.0. The van der Waals surface area contributed by atoms with Crippen molar-refractivity contribution in [3.05, 3.63) is 83.2 Å². The van der Waals surface area contributed by atoms with Crippen LogP contribution in [-0.2, 0) is 15.7 Å². The molecule has 9 heteroatoms. The molecule has 2 aromatic carbocycles. The van der Waals surface area contributed by atoms with E-state index in [4.69, 9.17) is 21.1 Å². The molecule has 0 radical (unpaired) electrons. The molecule has 0 atom stereocenters. The summed E-state index contributed by atoms with van der Waals surface area (Å²) in [5, 5.41) is 1.01. The Morgan fingerprint density at radius 3 is 2.43 bits per heavy atom. The van der Waals surface area contributed by atoms with Gasteiger partial charge in [-0.15, -0.1) is 0 Å². The van der Waals surface area contributed by atoms with Gasteiger partial charge in [0.1, 0.15) is 5.75 Å². The van der Waals surface area contributed by atoms with Crippen molar-refractivity contribution in [1.82, 2.24) is 9.55 Å². The Kier molecular flexibility index (Phi) is 7.59. The van der Waals surface area contributed by atoms with E-state index in [0.717, 1.165) is 23.5 Å². The van der Waals surface area contributed by atoms with Gasteiger partial charge in [-0.3, -0.25) is 4.98 Å². The van der Waals surface area contributed by atoms with Gasteiger partial charge in [0.15, 0.2) is 0 Å². The number of benzene rings is 2. The SMILES string of the molecule is CCOC(=O)/C=C/c1c(Cl)c2cc(-c3ccc(C(F)(F)F)cn3)ccc2n1-c1ccc(OC(C)C)cc1. The molecular formula is C28H24ClF3N2O3. The maximum atomic E-state index is 12.9. The van der Waals surface area contributed by atoms with Crippen LogP contribution in [0.3, 0.4) is 0 Å². The summed E-state index contributed by atoms with van der Waals surface area (Å²) in [7, 11) is 0. The highest BCUT2D eigenvalue weighted by molar-refractivity contribution is 6.37. The number of nitrogens with zero attached hydrogens (tertiary/aromatic N) is 2. The maximum absolute atomic E-state index is 12.9. The number of aromatic nitrogens is 2. The van der Waals surface area contributed by atoms with Crippen molar-refractivity contribution in [1.29, 1.82) is 0 Å². The zero-order chi connectivity index (χ0) is 26.7. The molecule has 0 fully saturated rings. The predicted molar refractivity (Wildman–Crippen MR) is 138 cm³/mol. The molecular weight excluding hydrogens is 505 g/mol. The molecule has 192 valence electrons. The Labute approximate surface area is 217 Å². The predicted octanol–water partition coefficient (Wildman–Crippen LogP) is 7.73. The lowest BCUT2D eigenvalue weighted by molar-refractivity contribution is -0.138. The number of fused-ring (bicyclic) bond motifs is 1. The van der Waals surface area contributed by atoms with Gasteiger partial charge in [0, 0.05) is 28.9 Å². The molecule has 0 aliphatic rings. The van der Waals surface area contributed by atoms with Gasteiger partial charge in [-0.1, -0.05) is 17.7 Å². The Balaban J connectivity index is 1.83. The largest absolute Gasteiger partial charge is 0.491 e. The lowest BCUT2D eigenvalue weighted by atomic mass is 10.1. The van der Waals surface area contributed by atoms with Crippen molar-refractivity contribution in [2.24, 2.45) is 0 Å². The fourth-order valence-corrected chi connectivity index (χ4v) is 4.17. The number of pyridine rings is 1. The van der Waals surface area contributed by atoms with Crippen molar-refractivity contribution in [3.63, 3.8) is 0 Å². The summed E-state index contributed by atoms with van der Waals surface area (Å²) < 4.78 is 51.5. The topological polar surface area (TPSA) is 53.3 Å². The minimum absolute atomic E-state index is 0.0213. The fourth-order valence-electron chi connectivity index (χ4n) is 3.87. The summed E-state index contributed by atoms with van der Waals surface area (Å²) in [6.07, 6.45) is -0.760. The summed E-state index contributed by atoms with van der Waals surface area (Å²) in [6, 6.07) is 15.1. The smallest absolute Gasteiger partial charge is 0.417 e. The van der Waals surface area contributed by atoms with E-state index in [1.165, 1.54) is 12.1 Å². The monoisotopic (exact) mass is 528 g/mol. The van der Waals surface area contributed by atoms with Gasteiger partial charge < -0.3 is 14.0 Å². The molecule has 4 rings (SSSR count). The van der Waals surface area contributed by atoms with Crippen LogP contribution in [0, 0.1) is 0 Å². The van der Waals surface area contributed by atoms with Crippen LogP contribution in [0.1, 0.15) is 32.0 Å². The van der Waals surface area contributed by atoms with E-state index in [1.54, 1.807) is 25.1 Å². The molecule has 0 amide bonds. The number of carbonyl (C=O) groups is 1. The fraction of sp³-hybridized carbons (Fsp3) is 0.214. The normalized spacial score (nSPS) is 12.0. The number of hydrogen-bond acceptors (Lipinski definition) is 4. The van der Waals surface area contributed by atoms with E-state index in [1.807, 2.05) is 48.7 Å². The van der Waals surface area contributed by atoms with Crippen molar-refractivity contribution >= 4 is 34.5 Å². The number of ether oxygens (including phenoxy) is 2. The summed E-state index contributed by atoms with van der Waals surface area (Å²) in [6.45, 7) is 5.83. The summed E-state index contributed by atoms with van der Waals surface area (Å²) in [5.41, 5.74) is 2.20. The summed E-state index contributed by atoms with van der Waals surface area (Å²) in [5.74, 6) is 0.200. The van der Waals surface area contributed by atoms with Crippen LogP contribution in [0.4, 0.5) is 13.2 Å². The lowest BCUT2D eigenvalue weighted by Gasteiger charge is -2.13. The highest BCUT2D eigenvalue weighted by atomic mass is 35.5. The number of carbonyl (C=O) groups excluding carboxylic acids is 1. The van der Waals surface area contributed by atoms with Gasteiger partial charge in [0.05, 0.1) is 40.2 Å². The van der Waals surface area contributed by atoms with Crippen molar-refractivity contribution < 1.29 is 27.4 Å². The van der Waals surface area contributed by atoms with E-state index in [2.05, 4.69) is 4.98 Å². The summed E-state index contributed by atoms with van der Waals surface area (Å²) >= 11 is 6.80. The molecule has 0 N–H and O–H groups in total. The van der Waals surface area contributed by atoms with E-state index < -0.39 is 17.7 Å². The molecule has 0 spiro atoms. The van der Waals surface area contributed by atoms with Gasteiger partial charge in [0.25, 0.3) is 0 Å². The van der Waals surface area contributed by atoms with Crippen LogP contribution < -0.4 is 4.74 Å². The third-order valence-corrected chi connectivity index (χ3v) is 5.85. The molecule has 4 aromatic rings. The Morgan fingerprint density at radius 1 is 1.11 bits per heavy atom. The molecule has 5 nitrogen and oxygen atoms in total. The van der Waals surface area contributed by atoms with Crippen molar-refractivity contribution in [2.75, 3.05) is 6.61 Å². The van der Waals surface area contributed by atoms with E-state index in [9.17, 15) is 18.0 Å². The minimum Gasteiger partial charge on any atom is -0.491 e. The quantitative estimate of drug-likeness (QED) is 0.182. The first-order valence-corrected chi connectivity index (χ1v) is 12.0. The number of esters is 1. The molecule has 0 aliphatic carbocycles. The van der Waals surface area contributed by atoms with Crippen LogP contribution >= 0.6 is 11.6 Å². The van der Waals surface area contributed by atoms with Crippen LogP contribution in [0.25, 0.3) is 33.9 Å². The van der Waals surface area contributed by atoms with Crippen LogP contribution in [0.2, 0.25) is 5.02 Å². The molecule has 2 heterocycles. The van der Waals surface area contributed by atoms with Crippen molar-refractivity contribution in [3.8, 4) is 22.7 Å². The third-order valence-electron chi connectivity index (χ3n) is 5.46. The van der Waals surface area contributed by atoms with Gasteiger partial charge in [0.2, 0.25) is 0 Å². The first-order chi connectivity index (χ1) is 17.6. The first kappa shape index (κ1) is 26.3. The minimum atomic E-state index is -4.47. The van der Waals surface area contributed by atoms with Crippen LogP contribution in [0.15, 0.2) is 66.9 Å². The average Bonchev–Trinajstić information content (AvgIpc) is 3.13. The first-order valence-electron chi connectivity index (χ1n) is 11.6. The molecule has 0 unspecified atom stereocenters. The molecule has 0 aliphatic heterocycles. The molecule has 37 heavy (non-hydrogen) atoms. The van der Waals surface area contributed by atoms with E-state index in [0.29, 0.717) is 33.1 Å². The maximum Gasteiger partial charge on any atom is 0.417 e. The molecule has 0 bridgehead atoms. The highest BCUT2D eigenvalue weighted by Crippen LogP contribution is 2.37. The Hall–Kier alpha value is -3.78. The second kappa shape index (κ2) is 10.7. The zero-order valence-corrected chi connectivity index (χ0v) is 21.1. The van der Waals surface area contributed by atoms with Gasteiger partial charge in [-0.05, 0) is 75.4 Å². The van der Waals surface area contributed by atoms with Gasteiger partial charge in [-0.25, -0.2) is 4.79 Å².